The minimum Gasteiger partial charge on any atom is -0.463 e. The van der Waals surface area contributed by atoms with Crippen molar-refractivity contribution in [3.8, 4) is 11.5 Å². The zero-order valence-corrected chi connectivity index (χ0v) is 13.5. The number of thioether (sulfide) groups is 1. The Bertz CT molecular complexity index is 800. The Kier molecular flexibility index (Phi) is 4.78. The Morgan fingerprint density at radius 3 is 2.83 bits per heavy atom. The highest BCUT2D eigenvalue weighted by atomic mass is 32.2. The van der Waals surface area contributed by atoms with Crippen LogP contribution in [-0.4, -0.2) is 17.1 Å². The van der Waals surface area contributed by atoms with Crippen molar-refractivity contribution >= 4 is 17.7 Å². The van der Waals surface area contributed by atoms with Gasteiger partial charge in [-0.25, -0.2) is 0 Å². The van der Waals surface area contributed by atoms with E-state index in [1.165, 1.54) is 0 Å². The molecule has 1 aromatic carbocycles. The third kappa shape index (κ3) is 3.46. The minimum absolute atomic E-state index is 0.0933. The number of aromatic nitrogens is 1. The van der Waals surface area contributed by atoms with Crippen molar-refractivity contribution in [3.63, 3.8) is 0 Å². The van der Waals surface area contributed by atoms with Crippen molar-refractivity contribution in [2.24, 2.45) is 0 Å². The third-order valence-electron chi connectivity index (χ3n) is 3.44. The van der Waals surface area contributed by atoms with Gasteiger partial charge in [-0.2, -0.15) is 0 Å². The number of carbonyl (C=O) groups excluding carboxylic acids is 1. The lowest BCUT2D eigenvalue weighted by molar-refractivity contribution is 0.0948. The van der Waals surface area contributed by atoms with E-state index < -0.39 is 0 Å². The van der Waals surface area contributed by atoms with E-state index in [4.69, 9.17) is 4.42 Å². The molecule has 2 aromatic heterocycles. The number of amides is 1. The molecule has 0 atom stereocenters. The average molecular weight is 324 g/mol. The first-order chi connectivity index (χ1) is 11.3. The lowest BCUT2D eigenvalue weighted by atomic mass is 10.1. The number of carbonyl (C=O) groups is 1. The molecule has 0 spiro atoms. The normalized spacial score (nSPS) is 10.5. The van der Waals surface area contributed by atoms with Gasteiger partial charge in [-0.3, -0.25) is 9.78 Å². The van der Waals surface area contributed by atoms with Crippen LogP contribution in [0.1, 0.15) is 15.9 Å². The van der Waals surface area contributed by atoms with E-state index in [9.17, 15) is 4.79 Å². The fourth-order valence-corrected chi connectivity index (χ4v) is 2.91. The lowest BCUT2D eigenvalue weighted by Crippen LogP contribution is -2.23. The molecule has 4 nitrogen and oxygen atoms in total. The van der Waals surface area contributed by atoms with Crippen LogP contribution in [0.5, 0.6) is 0 Å². The first kappa shape index (κ1) is 15.4. The molecule has 0 aliphatic heterocycles. The molecule has 116 valence electrons. The number of hydrogen-bond donors (Lipinski definition) is 1. The molecule has 0 saturated heterocycles. The number of furan rings is 1. The summed E-state index contributed by atoms with van der Waals surface area (Å²) in [7, 11) is 0. The van der Waals surface area contributed by atoms with Gasteiger partial charge in [0.1, 0.15) is 5.69 Å². The highest BCUT2D eigenvalue weighted by Crippen LogP contribution is 2.22. The van der Waals surface area contributed by atoms with Crippen LogP contribution in [0.25, 0.3) is 11.5 Å². The summed E-state index contributed by atoms with van der Waals surface area (Å²) in [6.45, 7) is 0.394. The summed E-state index contributed by atoms with van der Waals surface area (Å²) >= 11 is 1.56. The number of benzene rings is 1. The largest absolute Gasteiger partial charge is 0.463 e. The fraction of sp³-hybridized carbons (Fsp3) is 0.111. The first-order valence-electron chi connectivity index (χ1n) is 7.18. The Hall–Kier alpha value is -2.53. The van der Waals surface area contributed by atoms with Crippen molar-refractivity contribution in [2.75, 3.05) is 6.26 Å². The molecule has 2 heterocycles. The Morgan fingerprint density at radius 1 is 1.17 bits per heavy atom. The van der Waals surface area contributed by atoms with Crippen LogP contribution in [0.4, 0.5) is 0 Å². The molecule has 0 fully saturated rings. The summed E-state index contributed by atoms with van der Waals surface area (Å²) < 4.78 is 5.41. The van der Waals surface area contributed by atoms with E-state index in [-0.39, 0.29) is 5.91 Å². The number of pyridine rings is 1. The van der Waals surface area contributed by atoms with Gasteiger partial charge in [0, 0.05) is 23.2 Å². The van der Waals surface area contributed by atoms with Crippen LogP contribution in [0, 0.1) is 0 Å². The highest BCUT2D eigenvalue weighted by molar-refractivity contribution is 7.98. The average Bonchev–Trinajstić information content (AvgIpc) is 3.14. The number of nitrogens with zero attached hydrogens (tertiary/aromatic N) is 1. The number of rotatable bonds is 5. The highest BCUT2D eigenvalue weighted by Gasteiger charge is 2.13. The van der Waals surface area contributed by atoms with E-state index in [1.54, 1.807) is 24.2 Å². The molecule has 5 heteroatoms. The summed E-state index contributed by atoms with van der Waals surface area (Å²) in [6, 6.07) is 15.0. The second-order valence-electron chi connectivity index (χ2n) is 4.87. The van der Waals surface area contributed by atoms with Crippen molar-refractivity contribution in [1.82, 2.24) is 10.3 Å². The van der Waals surface area contributed by atoms with Crippen LogP contribution in [0.3, 0.4) is 0 Å². The Balaban J connectivity index is 1.78. The van der Waals surface area contributed by atoms with E-state index in [2.05, 4.69) is 10.3 Å². The molecule has 3 rings (SSSR count). The second kappa shape index (κ2) is 7.15. The maximum absolute atomic E-state index is 12.4. The number of hydrogen-bond acceptors (Lipinski definition) is 4. The Labute approximate surface area is 138 Å². The topological polar surface area (TPSA) is 55.1 Å². The van der Waals surface area contributed by atoms with Crippen molar-refractivity contribution in [2.45, 2.75) is 11.4 Å². The molecule has 0 bridgehead atoms. The standard InChI is InChI=1S/C18H16N2O2S/c1-23-16-9-3-2-7-14(16)18(21)20-12-13-6-4-10-19-17(13)15-8-5-11-22-15/h2-11H,12H2,1H3,(H,20,21). The summed E-state index contributed by atoms with van der Waals surface area (Å²) in [5.41, 5.74) is 2.34. The predicted molar refractivity (Wildman–Crippen MR) is 91.3 cm³/mol. The zero-order valence-electron chi connectivity index (χ0n) is 12.7. The fourth-order valence-electron chi connectivity index (χ4n) is 2.32. The summed E-state index contributed by atoms with van der Waals surface area (Å²) in [5.74, 6) is 0.601. The van der Waals surface area contributed by atoms with Crippen molar-refractivity contribution in [1.29, 1.82) is 0 Å². The van der Waals surface area contributed by atoms with Gasteiger partial charge in [-0.05, 0) is 36.6 Å². The predicted octanol–water partition coefficient (Wildman–Crippen LogP) is 3.99. The maximum atomic E-state index is 12.4. The first-order valence-corrected chi connectivity index (χ1v) is 8.41. The van der Waals surface area contributed by atoms with Gasteiger partial charge < -0.3 is 9.73 Å². The van der Waals surface area contributed by atoms with Crippen LogP contribution in [-0.2, 0) is 6.54 Å². The van der Waals surface area contributed by atoms with Gasteiger partial charge in [0.15, 0.2) is 5.76 Å². The van der Waals surface area contributed by atoms with Gasteiger partial charge in [-0.15, -0.1) is 11.8 Å². The van der Waals surface area contributed by atoms with Crippen molar-refractivity contribution in [3.05, 3.63) is 72.1 Å². The Morgan fingerprint density at radius 2 is 2.04 bits per heavy atom. The number of nitrogens with one attached hydrogen (secondary N) is 1. The lowest BCUT2D eigenvalue weighted by Gasteiger charge is -2.10. The molecule has 0 radical (unpaired) electrons. The van der Waals surface area contributed by atoms with Gasteiger partial charge in [-0.1, -0.05) is 18.2 Å². The van der Waals surface area contributed by atoms with Gasteiger partial charge in [0.05, 0.1) is 11.8 Å². The minimum atomic E-state index is -0.0933. The molecule has 0 unspecified atom stereocenters. The van der Waals surface area contributed by atoms with E-state index in [0.29, 0.717) is 17.9 Å². The van der Waals surface area contributed by atoms with Gasteiger partial charge in [0.25, 0.3) is 5.91 Å². The van der Waals surface area contributed by atoms with Crippen LogP contribution < -0.4 is 5.32 Å². The molecule has 1 N–H and O–H groups in total. The molecule has 0 aliphatic carbocycles. The summed E-state index contributed by atoms with van der Waals surface area (Å²) in [5, 5.41) is 2.96. The quantitative estimate of drug-likeness (QED) is 0.721. The molecule has 1 amide bonds. The molecule has 0 aliphatic rings. The van der Waals surface area contributed by atoms with Crippen LogP contribution in [0.2, 0.25) is 0 Å². The third-order valence-corrected chi connectivity index (χ3v) is 4.23. The maximum Gasteiger partial charge on any atom is 0.252 e. The molecule has 3 aromatic rings. The monoisotopic (exact) mass is 324 g/mol. The van der Waals surface area contributed by atoms with Crippen LogP contribution >= 0.6 is 11.8 Å². The second-order valence-corrected chi connectivity index (χ2v) is 5.72. The van der Waals surface area contributed by atoms with Gasteiger partial charge >= 0.3 is 0 Å². The molecule has 23 heavy (non-hydrogen) atoms. The summed E-state index contributed by atoms with van der Waals surface area (Å²) in [6.07, 6.45) is 5.29. The van der Waals surface area contributed by atoms with Crippen molar-refractivity contribution < 1.29 is 9.21 Å². The zero-order chi connectivity index (χ0) is 16.1. The SMILES string of the molecule is CSc1ccccc1C(=O)NCc1cccnc1-c1ccco1. The smallest absolute Gasteiger partial charge is 0.252 e. The molecular weight excluding hydrogens is 308 g/mol. The van der Waals surface area contributed by atoms with E-state index >= 15 is 0 Å². The van der Waals surface area contributed by atoms with E-state index in [1.807, 2.05) is 54.8 Å². The molecular formula is C18H16N2O2S. The van der Waals surface area contributed by atoms with E-state index in [0.717, 1.165) is 16.2 Å². The molecule has 0 saturated carbocycles. The van der Waals surface area contributed by atoms with Gasteiger partial charge in [0.2, 0.25) is 0 Å². The van der Waals surface area contributed by atoms with Crippen LogP contribution in [0.15, 0.2) is 70.3 Å². The summed E-state index contributed by atoms with van der Waals surface area (Å²) in [4.78, 5) is 17.7.